The van der Waals surface area contributed by atoms with Crippen molar-refractivity contribution in [3.63, 3.8) is 0 Å². The van der Waals surface area contributed by atoms with E-state index < -0.39 is 0 Å². The van der Waals surface area contributed by atoms with Crippen molar-refractivity contribution in [1.82, 2.24) is 0 Å². The van der Waals surface area contributed by atoms with E-state index in [4.69, 9.17) is 9.47 Å². The van der Waals surface area contributed by atoms with E-state index in [-0.39, 0.29) is 0 Å². The lowest BCUT2D eigenvalue weighted by Crippen LogP contribution is -2.09. The molecule has 17 heavy (non-hydrogen) atoms. The zero-order valence-corrected chi connectivity index (χ0v) is 9.89. The molecule has 1 aromatic carbocycles. The summed E-state index contributed by atoms with van der Waals surface area (Å²) in [6.45, 7) is 0.332. The summed E-state index contributed by atoms with van der Waals surface area (Å²) in [6, 6.07) is 6.49. The molecule has 0 saturated heterocycles. The number of fused-ring (bicyclic) bond motifs is 1. The summed E-state index contributed by atoms with van der Waals surface area (Å²) in [5, 5.41) is 0. The molecule has 0 bridgehead atoms. The van der Waals surface area contributed by atoms with Gasteiger partial charge in [-0.25, -0.2) is 0 Å². The minimum Gasteiger partial charge on any atom is -0.454 e. The number of nitrogens with zero attached hydrogens (tertiary/aromatic N) is 1. The second-order valence-electron chi connectivity index (χ2n) is 4.68. The highest BCUT2D eigenvalue weighted by molar-refractivity contribution is 5.81. The number of rotatable bonds is 2. The summed E-state index contributed by atoms with van der Waals surface area (Å²) in [5.74, 6) is 1.66. The van der Waals surface area contributed by atoms with Crippen LogP contribution in [0.1, 0.15) is 37.7 Å². The number of hydrogen-bond donors (Lipinski definition) is 0. The third-order valence-electron chi connectivity index (χ3n) is 3.41. The fourth-order valence-electron chi connectivity index (χ4n) is 2.42. The molecule has 3 nitrogen and oxygen atoms in total. The largest absolute Gasteiger partial charge is 0.454 e. The average molecular weight is 231 g/mol. The molecule has 0 amide bonds. The highest BCUT2D eigenvalue weighted by Crippen LogP contribution is 2.32. The molecule has 3 heteroatoms. The van der Waals surface area contributed by atoms with Crippen LogP contribution in [0.3, 0.4) is 0 Å². The van der Waals surface area contributed by atoms with Gasteiger partial charge in [0.15, 0.2) is 11.5 Å². The summed E-state index contributed by atoms with van der Waals surface area (Å²) in [4.78, 5) is 4.66. The maximum atomic E-state index is 5.35. The van der Waals surface area contributed by atoms with Gasteiger partial charge in [-0.3, -0.25) is 4.99 Å². The lowest BCUT2D eigenvalue weighted by atomic mass is 9.96. The number of ether oxygens (including phenoxy) is 2. The second kappa shape index (κ2) is 4.78. The standard InChI is InChI=1S/C14H17NO2/c1-2-4-12(5-3-1)15-9-11-6-7-13-14(8-11)17-10-16-13/h6-9,12H,1-5,10H2/b15-9+. The quantitative estimate of drug-likeness (QED) is 0.732. The predicted octanol–water partition coefficient (Wildman–Crippen LogP) is 3.17. The van der Waals surface area contributed by atoms with Crippen LogP contribution in [0.15, 0.2) is 23.2 Å². The van der Waals surface area contributed by atoms with Gasteiger partial charge in [0.25, 0.3) is 0 Å². The highest BCUT2D eigenvalue weighted by atomic mass is 16.7. The molecule has 1 aliphatic carbocycles. The molecular formula is C14H17NO2. The van der Waals surface area contributed by atoms with Crippen LogP contribution in [0, 0.1) is 0 Å². The predicted molar refractivity (Wildman–Crippen MR) is 67.0 cm³/mol. The van der Waals surface area contributed by atoms with Crippen LogP contribution in [0.25, 0.3) is 0 Å². The molecule has 0 spiro atoms. The van der Waals surface area contributed by atoms with E-state index in [9.17, 15) is 0 Å². The van der Waals surface area contributed by atoms with E-state index in [0.29, 0.717) is 12.8 Å². The van der Waals surface area contributed by atoms with Crippen LogP contribution < -0.4 is 9.47 Å². The molecule has 90 valence electrons. The van der Waals surface area contributed by atoms with Crippen molar-refractivity contribution in [2.75, 3.05) is 6.79 Å². The topological polar surface area (TPSA) is 30.8 Å². The van der Waals surface area contributed by atoms with Crippen molar-refractivity contribution in [3.05, 3.63) is 23.8 Å². The van der Waals surface area contributed by atoms with Gasteiger partial charge in [-0.1, -0.05) is 19.3 Å². The molecule has 2 aliphatic rings. The van der Waals surface area contributed by atoms with Crippen LogP contribution in [-0.2, 0) is 0 Å². The van der Waals surface area contributed by atoms with E-state index in [0.717, 1.165) is 17.1 Å². The van der Waals surface area contributed by atoms with Crippen LogP contribution in [-0.4, -0.2) is 19.0 Å². The molecule has 0 unspecified atom stereocenters. The average Bonchev–Trinajstić information content (AvgIpc) is 2.85. The molecule has 0 aromatic heterocycles. The zero-order chi connectivity index (χ0) is 11.5. The van der Waals surface area contributed by atoms with Gasteiger partial charge in [0.05, 0.1) is 0 Å². The lowest BCUT2D eigenvalue weighted by Gasteiger charge is -2.17. The maximum Gasteiger partial charge on any atom is 0.231 e. The normalized spacial score (nSPS) is 20.0. The summed E-state index contributed by atoms with van der Waals surface area (Å²) in [7, 11) is 0. The maximum absolute atomic E-state index is 5.35. The van der Waals surface area contributed by atoms with Crippen molar-refractivity contribution in [2.24, 2.45) is 4.99 Å². The fraction of sp³-hybridized carbons (Fsp3) is 0.500. The molecule has 1 saturated carbocycles. The van der Waals surface area contributed by atoms with Gasteiger partial charge in [-0.15, -0.1) is 0 Å². The van der Waals surface area contributed by atoms with Gasteiger partial charge >= 0.3 is 0 Å². The first-order valence-electron chi connectivity index (χ1n) is 6.35. The molecule has 0 radical (unpaired) electrons. The fourth-order valence-corrected chi connectivity index (χ4v) is 2.42. The van der Waals surface area contributed by atoms with Crippen molar-refractivity contribution in [1.29, 1.82) is 0 Å². The third-order valence-corrected chi connectivity index (χ3v) is 3.41. The van der Waals surface area contributed by atoms with E-state index in [1.807, 2.05) is 24.4 Å². The van der Waals surface area contributed by atoms with Crippen LogP contribution in [0.5, 0.6) is 11.5 Å². The summed E-state index contributed by atoms with van der Waals surface area (Å²) >= 11 is 0. The molecule has 0 N–H and O–H groups in total. The Balaban J connectivity index is 1.69. The monoisotopic (exact) mass is 231 g/mol. The summed E-state index contributed by atoms with van der Waals surface area (Å²) in [5.41, 5.74) is 1.10. The van der Waals surface area contributed by atoms with Gasteiger partial charge in [0.2, 0.25) is 6.79 Å². The van der Waals surface area contributed by atoms with E-state index in [1.165, 1.54) is 32.1 Å². The van der Waals surface area contributed by atoms with E-state index in [2.05, 4.69) is 4.99 Å². The van der Waals surface area contributed by atoms with Crippen molar-refractivity contribution >= 4 is 6.21 Å². The molecule has 1 aromatic rings. The Morgan fingerprint density at radius 2 is 1.88 bits per heavy atom. The van der Waals surface area contributed by atoms with Crippen LogP contribution in [0.4, 0.5) is 0 Å². The Morgan fingerprint density at radius 1 is 1.06 bits per heavy atom. The Morgan fingerprint density at radius 3 is 2.76 bits per heavy atom. The number of aliphatic imine (C=N–C) groups is 1. The minimum absolute atomic E-state index is 0.332. The SMILES string of the molecule is C(=N\C1CCCCC1)/c1ccc2c(c1)OCO2. The molecule has 1 aliphatic heterocycles. The Hall–Kier alpha value is -1.51. The minimum atomic E-state index is 0.332. The van der Waals surface area contributed by atoms with Crippen LogP contribution >= 0.6 is 0 Å². The summed E-state index contributed by atoms with van der Waals surface area (Å²) in [6.07, 6.45) is 8.46. The molecule has 1 heterocycles. The Labute approximate surface area is 101 Å². The van der Waals surface area contributed by atoms with Crippen LogP contribution in [0.2, 0.25) is 0 Å². The summed E-state index contributed by atoms with van der Waals surface area (Å²) < 4.78 is 10.6. The van der Waals surface area contributed by atoms with Gasteiger partial charge < -0.3 is 9.47 Å². The molecular weight excluding hydrogens is 214 g/mol. The zero-order valence-electron chi connectivity index (χ0n) is 9.89. The highest BCUT2D eigenvalue weighted by Gasteiger charge is 2.13. The smallest absolute Gasteiger partial charge is 0.231 e. The van der Waals surface area contributed by atoms with Crippen molar-refractivity contribution in [2.45, 2.75) is 38.1 Å². The third kappa shape index (κ3) is 2.43. The first kappa shape index (κ1) is 10.6. The van der Waals surface area contributed by atoms with Gasteiger partial charge in [-0.05, 0) is 36.6 Å². The Kier molecular flexibility index (Phi) is 2.99. The van der Waals surface area contributed by atoms with Crippen molar-refractivity contribution < 1.29 is 9.47 Å². The molecule has 1 fully saturated rings. The number of benzene rings is 1. The van der Waals surface area contributed by atoms with Gasteiger partial charge in [0, 0.05) is 12.3 Å². The first-order valence-corrected chi connectivity index (χ1v) is 6.35. The lowest BCUT2D eigenvalue weighted by molar-refractivity contribution is 0.174. The Bertz CT molecular complexity index is 422. The molecule has 3 rings (SSSR count). The van der Waals surface area contributed by atoms with Gasteiger partial charge in [-0.2, -0.15) is 0 Å². The number of hydrogen-bond acceptors (Lipinski definition) is 3. The van der Waals surface area contributed by atoms with E-state index in [1.54, 1.807) is 0 Å². The molecule has 0 atom stereocenters. The van der Waals surface area contributed by atoms with Gasteiger partial charge in [0.1, 0.15) is 0 Å². The van der Waals surface area contributed by atoms with E-state index >= 15 is 0 Å². The van der Waals surface area contributed by atoms with Crippen molar-refractivity contribution in [3.8, 4) is 11.5 Å². The first-order chi connectivity index (χ1) is 8.42. The second-order valence-corrected chi connectivity index (χ2v) is 4.68.